The van der Waals surface area contributed by atoms with Crippen molar-refractivity contribution in [3.63, 3.8) is 0 Å². The summed E-state index contributed by atoms with van der Waals surface area (Å²) in [6, 6.07) is 6.25. The first-order chi connectivity index (χ1) is 12.1. The molecule has 1 fully saturated rings. The standard InChI is InChI=1S/C18H21FN4O2/c1-22-7-6-15-14(10-22)17(21-20-15)18(24)23-8-9-25-16(11-23)12-2-4-13(19)5-3-12/h2-5,16H,6-11H2,1H3,(H,20,21)/t16-/m1/s1. The molecule has 0 bridgehead atoms. The lowest BCUT2D eigenvalue weighted by Crippen LogP contribution is -2.43. The average molecular weight is 344 g/mol. The van der Waals surface area contributed by atoms with Crippen LogP contribution in [0.15, 0.2) is 24.3 Å². The van der Waals surface area contributed by atoms with E-state index in [0.717, 1.165) is 36.3 Å². The number of morpholine rings is 1. The number of carbonyl (C=O) groups is 1. The van der Waals surface area contributed by atoms with Gasteiger partial charge in [0.2, 0.25) is 0 Å². The van der Waals surface area contributed by atoms with Crippen LogP contribution in [0.2, 0.25) is 0 Å². The number of amides is 1. The molecule has 1 amide bonds. The van der Waals surface area contributed by atoms with E-state index in [4.69, 9.17) is 4.74 Å². The van der Waals surface area contributed by atoms with Gasteiger partial charge in [-0.1, -0.05) is 12.1 Å². The van der Waals surface area contributed by atoms with Gasteiger partial charge >= 0.3 is 0 Å². The molecule has 2 aliphatic heterocycles. The molecule has 2 aliphatic rings. The van der Waals surface area contributed by atoms with Crippen LogP contribution in [-0.4, -0.2) is 59.2 Å². The molecule has 25 heavy (non-hydrogen) atoms. The third-order valence-electron chi connectivity index (χ3n) is 4.92. The first-order valence-corrected chi connectivity index (χ1v) is 8.53. The van der Waals surface area contributed by atoms with Gasteiger partial charge in [0, 0.05) is 37.3 Å². The van der Waals surface area contributed by atoms with Crippen LogP contribution in [0.5, 0.6) is 0 Å². The summed E-state index contributed by atoms with van der Waals surface area (Å²) in [5, 5.41) is 7.30. The number of benzene rings is 1. The summed E-state index contributed by atoms with van der Waals surface area (Å²) < 4.78 is 18.9. The van der Waals surface area contributed by atoms with Crippen LogP contribution in [0.1, 0.15) is 33.4 Å². The van der Waals surface area contributed by atoms with Crippen molar-refractivity contribution in [1.29, 1.82) is 0 Å². The number of nitrogens with zero attached hydrogens (tertiary/aromatic N) is 3. The van der Waals surface area contributed by atoms with Gasteiger partial charge in [-0.15, -0.1) is 0 Å². The largest absolute Gasteiger partial charge is 0.370 e. The molecular formula is C18H21FN4O2. The SMILES string of the molecule is CN1CCc2[nH]nc(C(=O)N3CCO[C@@H](c4ccc(F)cc4)C3)c2C1. The molecule has 7 heteroatoms. The molecule has 1 N–H and O–H groups in total. The van der Waals surface area contributed by atoms with Crippen LogP contribution in [-0.2, 0) is 17.7 Å². The minimum Gasteiger partial charge on any atom is -0.370 e. The van der Waals surface area contributed by atoms with Gasteiger partial charge in [0.05, 0.1) is 13.2 Å². The molecule has 0 aliphatic carbocycles. The number of halogens is 1. The van der Waals surface area contributed by atoms with E-state index >= 15 is 0 Å². The topological polar surface area (TPSA) is 61.5 Å². The van der Waals surface area contributed by atoms with E-state index in [0.29, 0.717) is 25.4 Å². The first-order valence-electron chi connectivity index (χ1n) is 8.53. The molecule has 0 saturated carbocycles. The zero-order valence-electron chi connectivity index (χ0n) is 14.2. The monoisotopic (exact) mass is 344 g/mol. The van der Waals surface area contributed by atoms with Gasteiger partial charge in [-0.25, -0.2) is 4.39 Å². The fraction of sp³-hybridized carbons (Fsp3) is 0.444. The summed E-state index contributed by atoms with van der Waals surface area (Å²) in [5.41, 5.74) is 3.46. The Balaban J connectivity index is 1.52. The minimum atomic E-state index is -0.278. The lowest BCUT2D eigenvalue weighted by molar-refractivity contribution is -0.0231. The number of likely N-dealkylation sites (N-methyl/N-ethyl adjacent to an activating group) is 1. The Hall–Kier alpha value is -2.25. The predicted molar refractivity (Wildman–Crippen MR) is 89.6 cm³/mol. The maximum atomic E-state index is 13.1. The highest BCUT2D eigenvalue weighted by atomic mass is 19.1. The van der Waals surface area contributed by atoms with Gasteiger partial charge in [0.25, 0.3) is 5.91 Å². The summed E-state index contributed by atoms with van der Waals surface area (Å²) in [6.07, 6.45) is 0.642. The minimum absolute atomic E-state index is 0.0665. The Morgan fingerprint density at radius 3 is 2.92 bits per heavy atom. The second-order valence-corrected chi connectivity index (χ2v) is 6.68. The number of fused-ring (bicyclic) bond motifs is 1. The maximum absolute atomic E-state index is 13.1. The molecule has 132 valence electrons. The normalized spacial score (nSPS) is 21.2. The Morgan fingerprint density at radius 2 is 2.12 bits per heavy atom. The molecule has 1 atom stereocenters. The zero-order valence-corrected chi connectivity index (χ0v) is 14.2. The van der Waals surface area contributed by atoms with Gasteiger partial charge in [0.1, 0.15) is 11.9 Å². The molecule has 0 unspecified atom stereocenters. The average Bonchev–Trinajstić information content (AvgIpc) is 3.05. The number of carbonyl (C=O) groups excluding carboxylic acids is 1. The fourth-order valence-electron chi connectivity index (χ4n) is 3.47. The van der Waals surface area contributed by atoms with E-state index in [1.165, 1.54) is 12.1 Å². The molecule has 1 aromatic carbocycles. The maximum Gasteiger partial charge on any atom is 0.274 e. The smallest absolute Gasteiger partial charge is 0.274 e. The molecule has 0 spiro atoms. The highest BCUT2D eigenvalue weighted by Crippen LogP contribution is 2.25. The van der Waals surface area contributed by atoms with E-state index < -0.39 is 0 Å². The van der Waals surface area contributed by atoms with Crippen LogP contribution >= 0.6 is 0 Å². The highest BCUT2D eigenvalue weighted by Gasteiger charge is 2.31. The number of aromatic amines is 1. The van der Waals surface area contributed by atoms with Crippen molar-refractivity contribution in [2.75, 3.05) is 33.3 Å². The second-order valence-electron chi connectivity index (χ2n) is 6.68. The van der Waals surface area contributed by atoms with Crippen molar-refractivity contribution in [1.82, 2.24) is 20.0 Å². The van der Waals surface area contributed by atoms with E-state index in [2.05, 4.69) is 15.1 Å². The molecule has 3 heterocycles. The van der Waals surface area contributed by atoms with Crippen molar-refractivity contribution in [2.45, 2.75) is 19.1 Å². The molecule has 2 aromatic rings. The van der Waals surface area contributed by atoms with Crippen LogP contribution in [0.4, 0.5) is 4.39 Å². The van der Waals surface area contributed by atoms with E-state index in [-0.39, 0.29) is 17.8 Å². The van der Waals surface area contributed by atoms with Crippen molar-refractivity contribution in [3.05, 3.63) is 52.6 Å². The number of rotatable bonds is 2. The third kappa shape index (κ3) is 3.17. The van der Waals surface area contributed by atoms with E-state index in [1.807, 2.05) is 7.05 Å². The predicted octanol–water partition coefficient (Wildman–Crippen LogP) is 1.75. The van der Waals surface area contributed by atoms with Crippen LogP contribution in [0.3, 0.4) is 0 Å². The zero-order chi connectivity index (χ0) is 17.4. The van der Waals surface area contributed by atoms with Gasteiger partial charge in [-0.2, -0.15) is 5.10 Å². The number of hydrogen-bond acceptors (Lipinski definition) is 4. The highest BCUT2D eigenvalue weighted by molar-refractivity contribution is 5.94. The number of hydrogen-bond donors (Lipinski definition) is 1. The Bertz CT molecular complexity index is 774. The summed E-state index contributed by atoms with van der Waals surface area (Å²) in [7, 11) is 2.05. The number of nitrogens with one attached hydrogen (secondary N) is 1. The van der Waals surface area contributed by atoms with Gasteiger partial charge in [-0.3, -0.25) is 9.89 Å². The third-order valence-corrected chi connectivity index (χ3v) is 4.92. The van der Waals surface area contributed by atoms with Gasteiger partial charge in [-0.05, 0) is 24.7 Å². The van der Waals surface area contributed by atoms with Crippen molar-refractivity contribution in [2.24, 2.45) is 0 Å². The number of ether oxygens (including phenoxy) is 1. The fourth-order valence-corrected chi connectivity index (χ4v) is 3.47. The lowest BCUT2D eigenvalue weighted by Gasteiger charge is -2.33. The molecule has 1 saturated heterocycles. The first kappa shape index (κ1) is 16.2. The molecular weight excluding hydrogens is 323 g/mol. The summed E-state index contributed by atoms with van der Waals surface area (Å²) in [6.45, 7) is 3.14. The number of aromatic nitrogens is 2. The van der Waals surface area contributed by atoms with Gasteiger partial charge in [0.15, 0.2) is 5.69 Å². The molecule has 1 aromatic heterocycles. The molecule has 6 nitrogen and oxygen atoms in total. The van der Waals surface area contributed by atoms with Crippen molar-refractivity contribution in [3.8, 4) is 0 Å². The number of H-pyrrole nitrogens is 1. The van der Waals surface area contributed by atoms with E-state index in [1.54, 1.807) is 17.0 Å². The molecule has 0 radical (unpaired) electrons. The summed E-state index contributed by atoms with van der Waals surface area (Å²) in [5.74, 6) is -0.344. The van der Waals surface area contributed by atoms with Crippen LogP contribution in [0, 0.1) is 5.82 Å². The summed E-state index contributed by atoms with van der Waals surface area (Å²) >= 11 is 0. The Morgan fingerprint density at radius 1 is 1.32 bits per heavy atom. The van der Waals surface area contributed by atoms with Gasteiger partial charge < -0.3 is 14.5 Å². The van der Waals surface area contributed by atoms with Crippen molar-refractivity contribution < 1.29 is 13.9 Å². The Labute approximate surface area is 145 Å². The van der Waals surface area contributed by atoms with Crippen molar-refractivity contribution >= 4 is 5.91 Å². The quantitative estimate of drug-likeness (QED) is 0.902. The Kier molecular flexibility index (Phi) is 4.27. The van der Waals surface area contributed by atoms with Crippen LogP contribution < -0.4 is 0 Å². The lowest BCUT2D eigenvalue weighted by atomic mass is 10.0. The molecule has 4 rings (SSSR count). The van der Waals surface area contributed by atoms with E-state index in [9.17, 15) is 9.18 Å². The summed E-state index contributed by atoms with van der Waals surface area (Å²) in [4.78, 5) is 16.9. The van der Waals surface area contributed by atoms with Crippen LogP contribution in [0.25, 0.3) is 0 Å². The second kappa shape index (κ2) is 6.57.